The van der Waals surface area contributed by atoms with Crippen molar-refractivity contribution in [3.8, 4) is 0 Å². The summed E-state index contributed by atoms with van der Waals surface area (Å²) in [6.07, 6.45) is 2.20. The lowest BCUT2D eigenvalue weighted by Gasteiger charge is -2.11. The van der Waals surface area contributed by atoms with Gasteiger partial charge in [-0.2, -0.15) is 5.11 Å². The molecule has 1 unspecified atom stereocenters. The summed E-state index contributed by atoms with van der Waals surface area (Å²) in [6, 6.07) is 17.3. The number of ether oxygens (including phenoxy) is 1. The highest BCUT2D eigenvalue weighted by Gasteiger charge is 2.10. The van der Waals surface area contributed by atoms with Crippen molar-refractivity contribution >= 4 is 10.8 Å². The van der Waals surface area contributed by atoms with Crippen molar-refractivity contribution in [2.75, 3.05) is 0 Å². The van der Waals surface area contributed by atoms with Crippen molar-refractivity contribution in [1.29, 1.82) is 0 Å². The van der Waals surface area contributed by atoms with Crippen LogP contribution in [0.25, 0.3) is 10.8 Å². The van der Waals surface area contributed by atoms with Gasteiger partial charge in [0.25, 0.3) is 0 Å². The lowest BCUT2D eigenvalue weighted by atomic mass is 10.1. The summed E-state index contributed by atoms with van der Waals surface area (Å²) in [5, 5.41) is 14.3. The van der Waals surface area contributed by atoms with E-state index in [-0.39, 0.29) is 0 Å². The van der Waals surface area contributed by atoms with Gasteiger partial charge in [-0.05, 0) is 34.5 Å². The van der Waals surface area contributed by atoms with Gasteiger partial charge in [0.15, 0.2) is 0 Å². The Balaban J connectivity index is 1.73. The molecule has 2 aromatic carbocycles. The van der Waals surface area contributed by atoms with Gasteiger partial charge < -0.3 is 4.74 Å². The van der Waals surface area contributed by atoms with E-state index in [0.29, 0.717) is 12.2 Å². The van der Waals surface area contributed by atoms with Gasteiger partial charge in [0.2, 0.25) is 6.29 Å². The fraction of sp³-hybridized carbons (Fsp3) is 0.118. The molecule has 3 rings (SSSR count). The number of hydrogen-bond acceptors (Lipinski definition) is 2. The lowest BCUT2D eigenvalue weighted by molar-refractivity contribution is -0.152. The second-order valence-corrected chi connectivity index (χ2v) is 4.60. The third-order valence-electron chi connectivity index (χ3n) is 3.20. The van der Waals surface area contributed by atoms with Crippen molar-refractivity contribution in [3.05, 3.63) is 78.1 Å². The van der Waals surface area contributed by atoms with Crippen LogP contribution in [0.4, 0.5) is 0 Å². The summed E-state index contributed by atoms with van der Waals surface area (Å²) < 4.78 is 5.38. The maximum Gasteiger partial charge on any atom is 0.217 e. The molecule has 0 bridgehead atoms. The van der Waals surface area contributed by atoms with Crippen LogP contribution < -0.4 is 0 Å². The molecule has 1 heterocycles. The van der Waals surface area contributed by atoms with E-state index in [2.05, 4.69) is 4.98 Å². The quantitative estimate of drug-likeness (QED) is 0.671. The van der Waals surface area contributed by atoms with Gasteiger partial charge in [-0.15, -0.1) is 0 Å². The maximum atomic E-state index is 12.1. The topological polar surface area (TPSA) is 42.0 Å². The van der Waals surface area contributed by atoms with E-state index in [1.54, 1.807) is 12.4 Å². The normalized spacial score (nSPS) is 12.4. The predicted molar refractivity (Wildman–Crippen MR) is 76.4 cm³/mol. The minimum Gasteiger partial charge on any atom is -0.341 e. The molecule has 1 radical (unpaired) electrons. The Labute approximate surface area is 117 Å². The summed E-state index contributed by atoms with van der Waals surface area (Å²) in [7, 11) is 0. The van der Waals surface area contributed by atoms with E-state index < -0.39 is 6.29 Å². The molecule has 0 fully saturated rings. The molecule has 1 atom stereocenters. The third-order valence-corrected chi connectivity index (χ3v) is 3.20. The molecule has 0 N–H and O–H groups in total. The average Bonchev–Trinajstić information content (AvgIpc) is 2.53. The third kappa shape index (κ3) is 2.85. The van der Waals surface area contributed by atoms with Gasteiger partial charge in [-0.3, -0.25) is 4.98 Å². The summed E-state index contributed by atoms with van der Waals surface area (Å²) in [4.78, 5) is 3.93. The number of rotatable bonds is 4. The van der Waals surface area contributed by atoms with Crippen LogP contribution in [-0.4, -0.2) is 4.98 Å². The number of hydrogen-bond donors (Lipinski definition) is 0. The molecule has 3 aromatic rings. The summed E-state index contributed by atoms with van der Waals surface area (Å²) in [5.74, 6) is 0. The van der Waals surface area contributed by atoms with Crippen LogP contribution in [0.1, 0.15) is 17.4 Å². The van der Waals surface area contributed by atoms with Crippen LogP contribution in [-0.2, 0) is 16.5 Å². The van der Waals surface area contributed by atoms with Crippen molar-refractivity contribution in [2.24, 2.45) is 0 Å². The number of nitrogens with zero attached hydrogens (tertiary/aromatic N) is 1. The van der Waals surface area contributed by atoms with Gasteiger partial charge in [-0.25, -0.2) is 0 Å². The number of pyridine rings is 1. The molecule has 3 nitrogen and oxygen atoms in total. The van der Waals surface area contributed by atoms with Crippen LogP contribution in [0, 0.1) is 0 Å². The van der Waals surface area contributed by atoms with Crippen LogP contribution in [0.5, 0.6) is 0 Å². The monoisotopic (exact) mass is 264 g/mol. The highest BCUT2D eigenvalue weighted by atomic mass is 16.6. The minimum absolute atomic E-state index is 0.295. The zero-order chi connectivity index (χ0) is 13.8. The summed E-state index contributed by atoms with van der Waals surface area (Å²) in [5.41, 5.74) is 1.60. The zero-order valence-electron chi connectivity index (χ0n) is 10.9. The predicted octanol–water partition coefficient (Wildman–Crippen LogP) is 3.88. The van der Waals surface area contributed by atoms with E-state index in [1.165, 1.54) is 0 Å². The van der Waals surface area contributed by atoms with E-state index in [4.69, 9.17) is 4.74 Å². The lowest BCUT2D eigenvalue weighted by Crippen LogP contribution is -2.02. The van der Waals surface area contributed by atoms with Crippen LogP contribution in [0.15, 0.2) is 67.0 Å². The number of aromatic nitrogens is 1. The highest BCUT2D eigenvalue weighted by molar-refractivity contribution is 5.83. The van der Waals surface area contributed by atoms with Gasteiger partial charge in [-0.1, -0.05) is 36.4 Å². The fourth-order valence-electron chi connectivity index (χ4n) is 2.10. The van der Waals surface area contributed by atoms with Gasteiger partial charge in [0.05, 0.1) is 6.61 Å². The second kappa shape index (κ2) is 5.82. The average molecular weight is 264 g/mol. The Morgan fingerprint density at radius 1 is 0.950 bits per heavy atom. The standard InChI is InChI=1S/C17H14NO2/c19-17(20-12-13-7-9-18-10-8-13)16-6-5-14-3-1-2-4-15(14)11-16/h1-11,17H,12H2. The fourth-order valence-corrected chi connectivity index (χ4v) is 2.10. The molecular formula is C17H14NO2. The maximum absolute atomic E-state index is 12.1. The Bertz CT molecular complexity index is 697. The first kappa shape index (κ1) is 12.8. The molecule has 0 saturated heterocycles. The molecule has 1 aromatic heterocycles. The molecule has 0 aliphatic heterocycles. The van der Waals surface area contributed by atoms with Gasteiger partial charge in [0, 0.05) is 18.0 Å². The van der Waals surface area contributed by atoms with Gasteiger partial charge in [0.1, 0.15) is 0 Å². The summed E-state index contributed by atoms with van der Waals surface area (Å²) in [6.45, 7) is 0.295. The molecule has 20 heavy (non-hydrogen) atoms. The summed E-state index contributed by atoms with van der Waals surface area (Å²) >= 11 is 0. The Morgan fingerprint density at radius 3 is 2.50 bits per heavy atom. The number of benzene rings is 2. The minimum atomic E-state index is -1.17. The SMILES string of the molecule is [O]C(OCc1ccncc1)c1ccc2ccccc2c1. The highest BCUT2D eigenvalue weighted by Crippen LogP contribution is 2.22. The Hall–Kier alpha value is -2.23. The first-order valence-electron chi connectivity index (χ1n) is 6.48. The first-order valence-corrected chi connectivity index (χ1v) is 6.48. The van der Waals surface area contributed by atoms with Crippen molar-refractivity contribution in [2.45, 2.75) is 12.9 Å². The molecule has 3 heteroatoms. The van der Waals surface area contributed by atoms with Crippen molar-refractivity contribution in [1.82, 2.24) is 4.98 Å². The van der Waals surface area contributed by atoms with E-state index in [0.717, 1.165) is 16.3 Å². The van der Waals surface area contributed by atoms with Crippen LogP contribution >= 0.6 is 0 Å². The second-order valence-electron chi connectivity index (χ2n) is 4.60. The van der Waals surface area contributed by atoms with Crippen molar-refractivity contribution in [3.63, 3.8) is 0 Å². The van der Waals surface area contributed by atoms with Crippen LogP contribution in [0.2, 0.25) is 0 Å². The molecule has 0 aliphatic rings. The largest absolute Gasteiger partial charge is 0.341 e. The molecular weight excluding hydrogens is 250 g/mol. The molecule has 0 saturated carbocycles. The smallest absolute Gasteiger partial charge is 0.217 e. The molecule has 99 valence electrons. The van der Waals surface area contributed by atoms with Gasteiger partial charge >= 0.3 is 0 Å². The zero-order valence-corrected chi connectivity index (χ0v) is 10.9. The van der Waals surface area contributed by atoms with E-state index >= 15 is 0 Å². The number of fused-ring (bicyclic) bond motifs is 1. The van der Waals surface area contributed by atoms with E-state index in [9.17, 15) is 5.11 Å². The van der Waals surface area contributed by atoms with Crippen LogP contribution in [0.3, 0.4) is 0 Å². The van der Waals surface area contributed by atoms with Crippen molar-refractivity contribution < 1.29 is 9.84 Å². The van der Waals surface area contributed by atoms with E-state index in [1.807, 2.05) is 54.6 Å². The Kier molecular flexibility index (Phi) is 3.72. The molecule has 0 amide bonds. The molecule has 0 aliphatic carbocycles. The Morgan fingerprint density at radius 2 is 1.70 bits per heavy atom. The molecule has 0 spiro atoms. The first-order chi connectivity index (χ1) is 9.83.